The Morgan fingerprint density at radius 2 is 2.04 bits per heavy atom. The van der Waals surface area contributed by atoms with Crippen LogP contribution in [0.15, 0.2) is 29.3 Å². The molecule has 1 aliphatic heterocycles. The lowest BCUT2D eigenvalue weighted by Gasteiger charge is -2.42. The highest BCUT2D eigenvalue weighted by atomic mass is 35.5. The third-order valence-electron chi connectivity index (χ3n) is 4.33. The molecule has 8 nitrogen and oxygen atoms in total. The van der Waals surface area contributed by atoms with Gasteiger partial charge in [-0.2, -0.15) is 4.31 Å². The van der Waals surface area contributed by atoms with Crippen molar-refractivity contribution < 1.29 is 17.6 Å². The highest BCUT2D eigenvalue weighted by Gasteiger charge is 2.40. The molecule has 1 fully saturated rings. The number of nitrogens with zero attached hydrogens (tertiary/aromatic N) is 4. The molecule has 1 saturated heterocycles. The highest BCUT2D eigenvalue weighted by Crippen LogP contribution is 2.28. The first-order valence-electron chi connectivity index (χ1n) is 7.86. The van der Waals surface area contributed by atoms with Crippen molar-refractivity contribution in [3.63, 3.8) is 0 Å². The summed E-state index contributed by atoms with van der Waals surface area (Å²) in [5, 5.41) is 9.42. The van der Waals surface area contributed by atoms with Crippen LogP contribution in [-0.4, -0.2) is 64.1 Å². The average molecular weight is 402 g/mol. The summed E-state index contributed by atoms with van der Waals surface area (Å²) in [7, 11) is -4.10. The molecule has 1 aliphatic rings. The summed E-state index contributed by atoms with van der Waals surface area (Å²) >= 11 is 5.72. The quantitative estimate of drug-likeness (QED) is 0.840. The minimum Gasteiger partial charge on any atom is -0.332 e. The van der Waals surface area contributed by atoms with Gasteiger partial charge in [0.2, 0.25) is 10.0 Å². The van der Waals surface area contributed by atoms with E-state index < -0.39 is 32.8 Å². The van der Waals surface area contributed by atoms with E-state index >= 15 is 0 Å². The molecule has 0 bridgehead atoms. The van der Waals surface area contributed by atoms with Gasteiger partial charge >= 0.3 is 0 Å². The van der Waals surface area contributed by atoms with Gasteiger partial charge in [-0.05, 0) is 26.0 Å². The normalized spacial score (nSPS) is 21.8. The van der Waals surface area contributed by atoms with Crippen molar-refractivity contribution in [3.8, 4) is 0 Å². The average Bonchev–Trinajstić information content (AvgIpc) is 3.12. The number of sulfonamides is 1. The van der Waals surface area contributed by atoms with Crippen molar-refractivity contribution in [2.45, 2.75) is 30.8 Å². The Morgan fingerprint density at radius 1 is 1.31 bits per heavy atom. The van der Waals surface area contributed by atoms with Gasteiger partial charge in [0, 0.05) is 25.2 Å². The van der Waals surface area contributed by atoms with Crippen molar-refractivity contribution >= 4 is 27.5 Å². The fraction of sp³-hybridized carbons (Fsp3) is 0.400. The number of benzene rings is 1. The molecule has 11 heteroatoms. The van der Waals surface area contributed by atoms with Gasteiger partial charge in [0.25, 0.3) is 5.91 Å². The Hall–Kier alpha value is -2.04. The van der Waals surface area contributed by atoms with Crippen LogP contribution in [-0.2, 0) is 10.0 Å². The molecule has 3 rings (SSSR count). The van der Waals surface area contributed by atoms with Gasteiger partial charge in [-0.25, -0.2) is 12.8 Å². The minimum absolute atomic E-state index is 0.0268. The lowest BCUT2D eigenvalue weighted by molar-refractivity contribution is 0.0500. The van der Waals surface area contributed by atoms with Crippen LogP contribution in [0.3, 0.4) is 0 Å². The molecule has 1 amide bonds. The molecule has 2 atom stereocenters. The molecule has 2 heterocycles. The van der Waals surface area contributed by atoms with Crippen LogP contribution in [0.4, 0.5) is 4.39 Å². The Morgan fingerprint density at radius 3 is 2.69 bits per heavy atom. The smallest absolute Gasteiger partial charge is 0.276 e. The number of halogens is 2. The second-order valence-electron chi connectivity index (χ2n) is 6.14. The fourth-order valence-corrected chi connectivity index (χ4v) is 5.00. The number of amides is 1. The summed E-state index contributed by atoms with van der Waals surface area (Å²) in [6.45, 7) is 3.56. The topological polar surface area (TPSA) is 99.3 Å². The lowest BCUT2D eigenvalue weighted by atomic mass is 10.1. The maximum Gasteiger partial charge on any atom is 0.276 e. The second kappa shape index (κ2) is 6.93. The van der Waals surface area contributed by atoms with Crippen LogP contribution in [0.2, 0.25) is 5.02 Å². The number of hydrogen-bond acceptors (Lipinski definition) is 5. The van der Waals surface area contributed by atoms with Gasteiger partial charge in [0.05, 0.1) is 11.2 Å². The molecule has 1 N–H and O–H groups in total. The maximum atomic E-state index is 14.2. The monoisotopic (exact) mass is 401 g/mol. The predicted octanol–water partition coefficient (Wildman–Crippen LogP) is 1.52. The Balaban J connectivity index is 1.87. The lowest BCUT2D eigenvalue weighted by Crippen LogP contribution is -2.59. The van der Waals surface area contributed by atoms with E-state index in [-0.39, 0.29) is 29.7 Å². The van der Waals surface area contributed by atoms with Crippen LogP contribution in [0.1, 0.15) is 24.3 Å². The zero-order valence-corrected chi connectivity index (χ0v) is 15.6. The zero-order chi connectivity index (χ0) is 19.1. The van der Waals surface area contributed by atoms with E-state index in [4.69, 9.17) is 11.6 Å². The van der Waals surface area contributed by atoms with E-state index in [1.807, 2.05) is 0 Å². The van der Waals surface area contributed by atoms with E-state index in [9.17, 15) is 17.6 Å². The number of carbonyl (C=O) groups excluding carboxylic acids is 1. The summed E-state index contributed by atoms with van der Waals surface area (Å²) in [5.74, 6) is -1.32. The van der Waals surface area contributed by atoms with Gasteiger partial charge in [-0.1, -0.05) is 22.9 Å². The van der Waals surface area contributed by atoms with Crippen molar-refractivity contribution in [2.24, 2.45) is 0 Å². The number of aromatic nitrogens is 3. The second-order valence-corrected chi connectivity index (χ2v) is 8.41. The van der Waals surface area contributed by atoms with Crippen LogP contribution >= 0.6 is 11.6 Å². The molecule has 1 aromatic heterocycles. The van der Waals surface area contributed by atoms with Crippen LogP contribution in [0.5, 0.6) is 0 Å². The third-order valence-corrected chi connectivity index (χ3v) is 6.62. The van der Waals surface area contributed by atoms with Crippen LogP contribution in [0.25, 0.3) is 0 Å². The number of aromatic amines is 1. The molecular weight excluding hydrogens is 385 g/mol. The Bertz CT molecular complexity index is 921. The molecule has 140 valence electrons. The largest absolute Gasteiger partial charge is 0.332 e. The van der Waals surface area contributed by atoms with Crippen LogP contribution < -0.4 is 0 Å². The standard InChI is InChI=1S/C15H17ClFN5O3S/c1-9-8-22(26(24,25)13-5-3-4-11(16)14(13)17)10(2)7-21(9)15(23)12-6-18-20-19-12/h3-6,9-10H,7-8H2,1-2H3,(H,18,19,20)/t9-,10+/m0/s1. The molecule has 0 spiro atoms. The first-order chi connectivity index (χ1) is 12.2. The zero-order valence-electron chi connectivity index (χ0n) is 14.1. The molecule has 0 saturated carbocycles. The number of hydrogen-bond donors (Lipinski definition) is 1. The van der Waals surface area contributed by atoms with E-state index in [0.717, 1.165) is 0 Å². The van der Waals surface area contributed by atoms with Crippen molar-refractivity contribution in [1.82, 2.24) is 24.6 Å². The summed E-state index contributed by atoms with van der Waals surface area (Å²) in [6, 6.07) is 2.88. The predicted molar refractivity (Wildman–Crippen MR) is 91.6 cm³/mol. The molecule has 2 aromatic rings. The molecule has 26 heavy (non-hydrogen) atoms. The Labute approximate surface area is 155 Å². The molecule has 0 radical (unpaired) electrons. The van der Waals surface area contributed by atoms with Crippen molar-refractivity contribution in [1.29, 1.82) is 0 Å². The highest BCUT2D eigenvalue weighted by molar-refractivity contribution is 7.89. The SMILES string of the molecule is C[C@@H]1CN(C(=O)c2c[nH]nn2)[C@@H](C)CN1S(=O)(=O)c1cccc(Cl)c1F. The van der Waals surface area contributed by atoms with Gasteiger partial charge in [-0.15, -0.1) is 5.10 Å². The third kappa shape index (κ3) is 3.19. The summed E-state index contributed by atoms with van der Waals surface area (Å²) in [4.78, 5) is 13.6. The summed E-state index contributed by atoms with van der Waals surface area (Å²) < 4.78 is 41.3. The van der Waals surface area contributed by atoms with E-state index in [0.29, 0.717) is 0 Å². The maximum absolute atomic E-state index is 14.2. The number of piperazine rings is 1. The van der Waals surface area contributed by atoms with Gasteiger partial charge in [0.15, 0.2) is 11.5 Å². The molecular formula is C15H17ClFN5O3S. The van der Waals surface area contributed by atoms with Crippen LogP contribution in [0, 0.1) is 5.82 Å². The number of rotatable bonds is 3. The van der Waals surface area contributed by atoms with Gasteiger partial charge in [-0.3, -0.25) is 9.89 Å². The van der Waals surface area contributed by atoms with E-state index in [1.165, 1.54) is 33.6 Å². The summed E-state index contributed by atoms with van der Waals surface area (Å²) in [6.07, 6.45) is 1.38. The van der Waals surface area contributed by atoms with Gasteiger partial charge < -0.3 is 4.90 Å². The number of nitrogens with one attached hydrogen (secondary N) is 1. The van der Waals surface area contributed by atoms with Crippen molar-refractivity contribution in [2.75, 3.05) is 13.1 Å². The summed E-state index contributed by atoms with van der Waals surface area (Å²) in [5.41, 5.74) is 0.154. The first kappa shape index (κ1) is 18.7. The molecule has 0 aliphatic carbocycles. The number of carbonyl (C=O) groups is 1. The minimum atomic E-state index is -4.10. The van der Waals surface area contributed by atoms with E-state index in [1.54, 1.807) is 13.8 Å². The Kier molecular flexibility index (Phi) is 5.00. The molecule has 0 unspecified atom stereocenters. The fourth-order valence-electron chi connectivity index (χ4n) is 2.98. The first-order valence-corrected chi connectivity index (χ1v) is 9.68. The van der Waals surface area contributed by atoms with Gasteiger partial charge in [0.1, 0.15) is 4.90 Å². The number of H-pyrrole nitrogens is 1. The van der Waals surface area contributed by atoms with E-state index in [2.05, 4.69) is 15.4 Å². The van der Waals surface area contributed by atoms with Crippen molar-refractivity contribution in [3.05, 3.63) is 40.9 Å². The molecule has 1 aromatic carbocycles.